The van der Waals surface area contributed by atoms with Crippen LogP contribution in [0.3, 0.4) is 0 Å². The highest BCUT2D eigenvalue weighted by Gasteiger charge is 2.45. The van der Waals surface area contributed by atoms with E-state index in [0.717, 1.165) is 24.6 Å². The number of nitrogens with one attached hydrogen (secondary N) is 1. The van der Waals surface area contributed by atoms with Gasteiger partial charge in [-0.15, -0.1) is 18.3 Å². The van der Waals surface area contributed by atoms with Crippen LogP contribution in [0.25, 0.3) is 0 Å². The number of aliphatic hydroxyl groups is 1. The number of carbonyl (C=O) groups is 2. The molecule has 1 saturated heterocycles. The van der Waals surface area contributed by atoms with Crippen molar-refractivity contribution in [3.8, 4) is 11.5 Å². The lowest BCUT2D eigenvalue weighted by Gasteiger charge is -2.34. The van der Waals surface area contributed by atoms with E-state index in [1.54, 1.807) is 6.20 Å². The lowest BCUT2D eigenvalue weighted by atomic mass is 9.85. The molecule has 1 aliphatic heterocycles. The number of hydrogen-bond acceptors (Lipinski definition) is 7. The molecular weight excluding hydrogens is 507 g/mol. The molecule has 2 fully saturated rings. The fraction of sp³-hybridized carbons (Fsp3) is 0.600. The average molecular weight is 540 g/mol. The molecule has 0 radical (unpaired) electrons. The standard InChI is InChI=1S/C25H32F3N5O5/c1-24(2,3)21(33-13-17(30-31-33)14-8-9-14)23(36)32-12-15(34)10-18(32)22(35)29-11-16-19(37-4)6-5-7-20(16)38-25(26,27)28/h5-7,13-15,18,21,34H,8-12H2,1-4H3,(H,29,35)/t15-,18+,21-/m1/s1. The summed E-state index contributed by atoms with van der Waals surface area (Å²) in [6, 6.07) is 2.08. The molecule has 2 amide bonds. The van der Waals surface area contributed by atoms with E-state index in [1.807, 2.05) is 20.8 Å². The van der Waals surface area contributed by atoms with Crippen LogP contribution in [-0.4, -0.2) is 69.0 Å². The van der Waals surface area contributed by atoms with Gasteiger partial charge in [-0.05, 0) is 30.4 Å². The first-order valence-electron chi connectivity index (χ1n) is 12.4. The minimum atomic E-state index is -4.94. The molecule has 10 nitrogen and oxygen atoms in total. The van der Waals surface area contributed by atoms with Gasteiger partial charge in [0.05, 0.1) is 31.0 Å². The molecule has 208 valence electrons. The van der Waals surface area contributed by atoms with Gasteiger partial charge in [-0.2, -0.15) is 0 Å². The molecule has 2 N–H and O–H groups in total. The first-order chi connectivity index (χ1) is 17.8. The summed E-state index contributed by atoms with van der Waals surface area (Å²) in [6.45, 7) is 5.21. The molecule has 0 bridgehead atoms. The number of benzene rings is 1. The summed E-state index contributed by atoms with van der Waals surface area (Å²) >= 11 is 0. The van der Waals surface area contributed by atoms with Crippen molar-refractivity contribution in [1.29, 1.82) is 0 Å². The Labute approximate surface area is 218 Å². The van der Waals surface area contributed by atoms with Gasteiger partial charge in [0, 0.05) is 25.1 Å². The average Bonchev–Trinajstić information content (AvgIpc) is 3.43. The Balaban J connectivity index is 1.54. The van der Waals surface area contributed by atoms with Gasteiger partial charge in [0.25, 0.3) is 0 Å². The number of carbonyl (C=O) groups excluding carboxylic acids is 2. The largest absolute Gasteiger partial charge is 0.573 e. The second-order valence-electron chi connectivity index (χ2n) is 10.8. The van der Waals surface area contributed by atoms with Crippen LogP contribution in [0.4, 0.5) is 13.2 Å². The Kier molecular flexibility index (Phi) is 7.60. The Bertz CT molecular complexity index is 1170. The molecule has 2 heterocycles. The van der Waals surface area contributed by atoms with Crippen LogP contribution >= 0.6 is 0 Å². The number of β-amino-alcohol motifs (C(OH)–C–C–N with tert-alkyl or cyclic N) is 1. The molecule has 0 spiro atoms. The van der Waals surface area contributed by atoms with E-state index in [1.165, 1.54) is 28.8 Å². The van der Waals surface area contributed by atoms with Crippen molar-refractivity contribution in [1.82, 2.24) is 25.2 Å². The minimum absolute atomic E-state index is 0.0140. The van der Waals surface area contributed by atoms with E-state index in [0.29, 0.717) is 5.92 Å². The zero-order chi connectivity index (χ0) is 27.8. The van der Waals surface area contributed by atoms with Crippen molar-refractivity contribution in [2.24, 2.45) is 5.41 Å². The van der Waals surface area contributed by atoms with Gasteiger partial charge in [0.15, 0.2) is 0 Å². The lowest BCUT2D eigenvalue weighted by Crippen LogP contribution is -2.50. The molecule has 4 rings (SSSR count). The van der Waals surface area contributed by atoms with Crippen LogP contribution in [0.5, 0.6) is 11.5 Å². The molecule has 1 aromatic heterocycles. The van der Waals surface area contributed by atoms with Gasteiger partial charge in [0.2, 0.25) is 11.8 Å². The summed E-state index contributed by atoms with van der Waals surface area (Å²) in [4.78, 5) is 28.4. The third-order valence-corrected chi connectivity index (χ3v) is 6.68. The number of likely N-dealkylation sites (tertiary alicyclic amines) is 1. The Morgan fingerprint density at radius 1 is 1.21 bits per heavy atom. The predicted octanol–water partition coefficient (Wildman–Crippen LogP) is 2.93. The van der Waals surface area contributed by atoms with Crippen molar-refractivity contribution < 1.29 is 37.3 Å². The molecule has 13 heteroatoms. The fourth-order valence-electron chi connectivity index (χ4n) is 4.75. The van der Waals surface area contributed by atoms with Crippen molar-refractivity contribution >= 4 is 11.8 Å². The van der Waals surface area contributed by atoms with Gasteiger partial charge in [-0.25, -0.2) is 4.68 Å². The van der Waals surface area contributed by atoms with E-state index >= 15 is 0 Å². The van der Waals surface area contributed by atoms with Crippen LogP contribution in [0.1, 0.15) is 63.3 Å². The number of nitrogens with zero attached hydrogens (tertiary/aromatic N) is 4. The third-order valence-electron chi connectivity index (χ3n) is 6.68. The number of aliphatic hydroxyl groups excluding tert-OH is 1. The van der Waals surface area contributed by atoms with Gasteiger partial charge in [-0.1, -0.05) is 32.1 Å². The molecule has 2 aromatic rings. The summed E-state index contributed by atoms with van der Waals surface area (Å²) in [5.41, 5.74) is 0.206. The number of alkyl halides is 3. The smallest absolute Gasteiger partial charge is 0.496 e. The maximum absolute atomic E-state index is 13.8. The van der Waals surface area contributed by atoms with Crippen molar-refractivity contribution in [3.63, 3.8) is 0 Å². The topological polar surface area (TPSA) is 119 Å². The highest BCUT2D eigenvalue weighted by atomic mass is 19.4. The number of hydrogen-bond donors (Lipinski definition) is 2. The normalized spacial score (nSPS) is 20.8. The first-order valence-corrected chi connectivity index (χ1v) is 12.4. The first kappa shape index (κ1) is 27.7. The van der Waals surface area contributed by atoms with Crippen LogP contribution in [0.15, 0.2) is 24.4 Å². The number of halogens is 3. The number of rotatable bonds is 8. The number of aromatic nitrogens is 3. The van der Waals surface area contributed by atoms with E-state index in [-0.39, 0.29) is 30.8 Å². The zero-order valence-electron chi connectivity index (χ0n) is 21.7. The van der Waals surface area contributed by atoms with Gasteiger partial charge in [-0.3, -0.25) is 9.59 Å². The summed E-state index contributed by atoms with van der Waals surface area (Å²) in [6.07, 6.45) is -2.09. The quantitative estimate of drug-likeness (QED) is 0.530. The number of methoxy groups -OCH3 is 1. The summed E-state index contributed by atoms with van der Waals surface area (Å²) in [5.74, 6) is -1.10. The number of ether oxygens (including phenoxy) is 2. The van der Waals surface area contributed by atoms with Crippen LogP contribution in [0.2, 0.25) is 0 Å². The monoisotopic (exact) mass is 539 g/mol. The van der Waals surface area contributed by atoms with E-state index in [9.17, 15) is 27.9 Å². The van der Waals surface area contributed by atoms with E-state index in [4.69, 9.17) is 4.74 Å². The second kappa shape index (κ2) is 10.4. The van der Waals surface area contributed by atoms with Crippen LogP contribution in [0, 0.1) is 5.41 Å². The maximum atomic E-state index is 13.8. The molecule has 38 heavy (non-hydrogen) atoms. The maximum Gasteiger partial charge on any atom is 0.573 e. The predicted molar refractivity (Wildman–Crippen MR) is 128 cm³/mol. The summed E-state index contributed by atoms with van der Waals surface area (Å²) in [7, 11) is 1.29. The number of amides is 2. The van der Waals surface area contributed by atoms with Crippen molar-refractivity contribution in [2.45, 2.75) is 77.0 Å². The lowest BCUT2D eigenvalue weighted by molar-refractivity contribution is -0.274. The summed E-state index contributed by atoms with van der Waals surface area (Å²) in [5, 5.41) is 21.4. The molecule has 2 aliphatic rings. The highest BCUT2D eigenvalue weighted by molar-refractivity contribution is 5.90. The van der Waals surface area contributed by atoms with Gasteiger partial charge < -0.3 is 24.8 Å². The fourth-order valence-corrected chi connectivity index (χ4v) is 4.75. The van der Waals surface area contributed by atoms with Gasteiger partial charge in [0.1, 0.15) is 23.6 Å². The molecule has 1 saturated carbocycles. The zero-order valence-corrected chi connectivity index (χ0v) is 21.7. The van der Waals surface area contributed by atoms with Crippen LogP contribution in [-0.2, 0) is 16.1 Å². The Hall–Kier alpha value is -3.35. The molecule has 3 atom stereocenters. The molecule has 0 unspecified atom stereocenters. The summed E-state index contributed by atoms with van der Waals surface area (Å²) < 4.78 is 49.5. The minimum Gasteiger partial charge on any atom is -0.496 e. The Morgan fingerprint density at radius 3 is 2.50 bits per heavy atom. The molecule has 1 aromatic carbocycles. The third kappa shape index (κ3) is 6.20. The van der Waals surface area contributed by atoms with E-state index < -0.39 is 47.5 Å². The van der Waals surface area contributed by atoms with Gasteiger partial charge >= 0.3 is 6.36 Å². The van der Waals surface area contributed by atoms with E-state index in [2.05, 4.69) is 20.4 Å². The molecular formula is C25H32F3N5O5. The van der Waals surface area contributed by atoms with Crippen molar-refractivity contribution in [2.75, 3.05) is 13.7 Å². The highest BCUT2D eigenvalue weighted by Crippen LogP contribution is 2.40. The van der Waals surface area contributed by atoms with Crippen LogP contribution < -0.4 is 14.8 Å². The second-order valence-corrected chi connectivity index (χ2v) is 10.8. The Morgan fingerprint density at radius 2 is 1.89 bits per heavy atom. The SMILES string of the molecule is COc1cccc(OC(F)(F)F)c1CNC(=O)[C@@H]1C[C@@H](O)CN1C(=O)[C@@H](n1cc(C2CC2)nn1)C(C)(C)C. The van der Waals surface area contributed by atoms with Crippen molar-refractivity contribution in [3.05, 3.63) is 35.7 Å². The molecule has 1 aliphatic carbocycles.